The molecule has 0 spiro atoms. The highest BCUT2D eigenvalue weighted by molar-refractivity contribution is 6.07. The van der Waals surface area contributed by atoms with Crippen LogP contribution in [0.1, 0.15) is 39.9 Å². The first-order valence-electron chi connectivity index (χ1n) is 7.88. The summed E-state index contributed by atoms with van der Waals surface area (Å²) in [6.07, 6.45) is 7.87. The van der Waals surface area contributed by atoms with Crippen LogP contribution in [0.3, 0.4) is 0 Å². The number of benzene rings is 2. The number of fused-ring (bicyclic) bond motifs is 1. The maximum atomic E-state index is 12.3. The lowest BCUT2D eigenvalue weighted by atomic mass is 9.90. The van der Waals surface area contributed by atoms with E-state index in [0.717, 1.165) is 24.0 Å². The van der Waals surface area contributed by atoms with Crippen molar-refractivity contribution in [2.45, 2.75) is 25.7 Å². The fraction of sp³-hybridized carbons (Fsp3) is 0.250. The van der Waals surface area contributed by atoms with Gasteiger partial charge in [0.05, 0.1) is 7.11 Å². The van der Waals surface area contributed by atoms with Crippen molar-refractivity contribution in [2.24, 2.45) is 0 Å². The van der Waals surface area contributed by atoms with Crippen LogP contribution in [-0.4, -0.2) is 18.0 Å². The van der Waals surface area contributed by atoms with Crippen LogP contribution in [-0.2, 0) is 12.8 Å². The van der Waals surface area contributed by atoms with Crippen molar-refractivity contribution in [3.05, 3.63) is 64.7 Å². The quantitative estimate of drug-likeness (QED) is 0.681. The molecule has 3 rings (SSSR count). The van der Waals surface area contributed by atoms with Gasteiger partial charge in [-0.15, -0.1) is 0 Å². The van der Waals surface area contributed by atoms with Crippen molar-refractivity contribution < 1.29 is 14.6 Å². The lowest BCUT2D eigenvalue weighted by molar-refractivity contribution is 0.104. The smallest absolute Gasteiger partial charge is 0.185 e. The topological polar surface area (TPSA) is 46.5 Å². The summed E-state index contributed by atoms with van der Waals surface area (Å²) >= 11 is 0. The highest BCUT2D eigenvalue weighted by atomic mass is 16.5. The van der Waals surface area contributed by atoms with Gasteiger partial charge in [-0.2, -0.15) is 0 Å². The van der Waals surface area contributed by atoms with E-state index in [1.807, 2.05) is 12.1 Å². The first-order chi connectivity index (χ1) is 11.2. The molecule has 0 aromatic heterocycles. The molecule has 1 aliphatic carbocycles. The van der Waals surface area contributed by atoms with Gasteiger partial charge in [0.1, 0.15) is 0 Å². The standard InChI is InChI=1S/C20H20O3/c1-23-20-11-7-14(12-19(20)22)6-10-18(21)17-9-8-15-4-2-3-5-16(15)13-17/h6-13,22H,2-5H2,1H3/b10-6+. The van der Waals surface area contributed by atoms with E-state index in [9.17, 15) is 9.90 Å². The van der Waals surface area contributed by atoms with Gasteiger partial charge in [0, 0.05) is 5.56 Å². The number of methoxy groups -OCH3 is 1. The Hall–Kier alpha value is -2.55. The maximum absolute atomic E-state index is 12.3. The lowest BCUT2D eigenvalue weighted by Gasteiger charge is -2.15. The average molecular weight is 308 g/mol. The number of ether oxygens (including phenoxy) is 1. The molecule has 0 saturated carbocycles. The molecule has 1 N–H and O–H groups in total. The van der Waals surface area contributed by atoms with Crippen molar-refractivity contribution in [3.63, 3.8) is 0 Å². The van der Waals surface area contributed by atoms with E-state index in [2.05, 4.69) is 6.07 Å². The van der Waals surface area contributed by atoms with E-state index < -0.39 is 0 Å². The Morgan fingerprint density at radius 3 is 2.61 bits per heavy atom. The minimum absolute atomic E-state index is 0.0197. The number of rotatable bonds is 4. The monoisotopic (exact) mass is 308 g/mol. The SMILES string of the molecule is COc1ccc(/C=C/C(=O)c2ccc3c(c2)CCCC3)cc1O. The number of hydrogen-bond acceptors (Lipinski definition) is 3. The third-order valence-corrected chi connectivity index (χ3v) is 4.26. The first-order valence-corrected chi connectivity index (χ1v) is 7.88. The molecule has 0 fully saturated rings. The Labute approximate surface area is 136 Å². The van der Waals surface area contributed by atoms with Gasteiger partial charge in [-0.25, -0.2) is 0 Å². The summed E-state index contributed by atoms with van der Waals surface area (Å²) in [6, 6.07) is 11.1. The predicted octanol–water partition coefficient (Wildman–Crippen LogP) is 4.18. The molecule has 0 radical (unpaired) electrons. The number of phenols is 1. The van der Waals surface area contributed by atoms with Crippen LogP contribution < -0.4 is 4.74 Å². The second-order valence-corrected chi connectivity index (χ2v) is 5.82. The van der Waals surface area contributed by atoms with Crippen LogP contribution in [0.15, 0.2) is 42.5 Å². The van der Waals surface area contributed by atoms with Crippen LogP contribution in [0, 0.1) is 0 Å². The van der Waals surface area contributed by atoms with Crippen molar-refractivity contribution in [3.8, 4) is 11.5 Å². The Bertz CT molecular complexity index is 759. The number of aryl methyl sites for hydroxylation is 2. The second-order valence-electron chi connectivity index (χ2n) is 5.82. The van der Waals surface area contributed by atoms with Gasteiger partial charge in [0.2, 0.25) is 0 Å². The molecule has 2 aromatic carbocycles. The van der Waals surface area contributed by atoms with E-state index >= 15 is 0 Å². The third-order valence-electron chi connectivity index (χ3n) is 4.26. The van der Waals surface area contributed by atoms with Crippen LogP contribution in [0.5, 0.6) is 11.5 Å². The summed E-state index contributed by atoms with van der Waals surface area (Å²) in [4.78, 5) is 12.3. The Morgan fingerprint density at radius 1 is 1.09 bits per heavy atom. The molecule has 3 nitrogen and oxygen atoms in total. The highest BCUT2D eigenvalue weighted by Crippen LogP contribution is 2.27. The number of phenolic OH excluding ortho intramolecular Hbond substituents is 1. The van der Waals surface area contributed by atoms with Gasteiger partial charge in [-0.05, 0) is 66.6 Å². The van der Waals surface area contributed by atoms with E-state index in [0.29, 0.717) is 5.75 Å². The number of aromatic hydroxyl groups is 1. The molecule has 0 atom stereocenters. The van der Waals surface area contributed by atoms with Crippen LogP contribution in [0.2, 0.25) is 0 Å². The average Bonchev–Trinajstić information content (AvgIpc) is 2.59. The van der Waals surface area contributed by atoms with Gasteiger partial charge in [0.25, 0.3) is 0 Å². The van der Waals surface area contributed by atoms with Crippen molar-refractivity contribution in [1.29, 1.82) is 0 Å². The van der Waals surface area contributed by atoms with E-state index in [-0.39, 0.29) is 11.5 Å². The van der Waals surface area contributed by atoms with Crippen LogP contribution >= 0.6 is 0 Å². The molecular weight excluding hydrogens is 288 g/mol. The molecule has 0 unspecified atom stereocenters. The fourth-order valence-electron chi connectivity index (χ4n) is 2.97. The summed E-state index contributed by atoms with van der Waals surface area (Å²) in [7, 11) is 1.50. The molecule has 0 bridgehead atoms. The number of ketones is 1. The zero-order valence-corrected chi connectivity index (χ0v) is 13.2. The summed E-state index contributed by atoms with van der Waals surface area (Å²) in [5.41, 5.74) is 4.16. The molecule has 3 heteroatoms. The second kappa shape index (κ2) is 6.69. The Kier molecular flexibility index (Phi) is 4.47. The molecule has 2 aromatic rings. The van der Waals surface area contributed by atoms with Crippen molar-refractivity contribution in [2.75, 3.05) is 7.11 Å². The molecule has 0 heterocycles. The van der Waals surface area contributed by atoms with Gasteiger partial charge in [0.15, 0.2) is 17.3 Å². The summed E-state index contributed by atoms with van der Waals surface area (Å²) in [5, 5.41) is 9.76. The van der Waals surface area contributed by atoms with Gasteiger partial charge in [-0.1, -0.05) is 24.3 Å². The van der Waals surface area contributed by atoms with Gasteiger partial charge in [-0.3, -0.25) is 4.79 Å². The molecule has 0 amide bonds. The van der Waals surface area contributed by atoms with Crippen molar-refractivity contribution in [1.82, 2.24) is 0 Å². The van der Waals surface area contributed by atoms with E-state index in [4.69, 9.17) is 4.74 Å². The molecular formula is C20H20O3. The van der Waals surface area contributed by atoms with Gasteiger partial charge < -0.3 is 9.84 Å². The number of hydrogen-bond donors (Lipinski definition) is 1. The number of carbonyl (C=O) groups excluding carboxylic acids is 1. The predicted molar refractivity (Wildman–Crippen MR) is 91.1 cm³/mol. The summed E-state index contributed by atoms with van der Waals surface area (Å²) < 4.78 is 5.01. The normalized spacial score (nSPS) is 13.8. The summed E-state index contributed by atoms with van der Waals surface area (Å²) in [5.74, 6) is 0.465. The Balaban J connectivity index is 1.77. The molecule has 1 aliphatic rings. The minimum Gasteiger partial charge on any atom is -0.504 e. The number of carbonyl (C=O) groups is 1. The lowest BCUT2D eigenvalue weighted by Crippen LogP contribution is -2.05. The van der Waals surface area contributed by atoms with E-state index in [1.54, 1.807) is 30.4 Å². The van der Waals surface area contributed by atoms with Gasteiger partial charge >= 0.3 is 0 Å². The maximum Gasteiger partial charge on any atom is 0.185 e. The van der Waals surface area contributed by atoms with Crippen LogP contribution in [0.25, 0.3) is 6.08 Å². The largest absolute Gasteiger partial charge is 0.504 e. The zero-order valence-electron chi connectivity index (χ0n) is 13.2. The minimum atomic E-state index is -0.0197. The third kappa shape index (κ3) is 3.45. The molecule has 23 heavy (non-hydrogen) atoms. The fourth-order valence-corrected chi connectivity index (χ4v) is 2.97. The Morgan fingerprint density at radius 2 is 1.87 bits per heavy atom. The molecule has 118 valence electrons. The summed E-state index contributed by atoms with van der Waals surface area (Å²) in [6.45, 7) is 0. The first kappa shape index (κ1) is 15.3. The number of allylic oxidation sites excluding steroid dienone is 1. The van der Waals surface area contributed by atoms with E-state index in [1.165, 1.54) is 31.1 Å². The zero-order chi connectivity index (χ0) is 16.2. The van der Waals surface area contributed by atoms with Crippen molar-refractivity contribution >= 4 is 11.9 Å². The highest BCUT2D eigenvalue weighted by Gasteiger charge is 2.11. The van der Waals surface area contributed by atoms with Crippen LogP contribution in [0.4, 0.5) is 0 Å². The molecule has 0 saturated heterocycles. The molecule has 0 aliphatic heterocycles.